The van der Waals surface area contributed by atoms with E-state index in [0.717, 1.165) is 18.4 Å². The summed E-state index contributed by atoms with van der Waals surface area (Å²) in [6.07, 6.45) is 1.63. The van der Waals surface area contributed by atoms with Crippen molar-refractivity contribution in [3.05, 3.63) is 50.7 Å². The Morgan fingerprint density at radius 3 is 2.66 bits per heavy atom. The molecule has 4 N–H and O–H groups in total. The average molecular weight is 403 g/mol. The number of hydrogen-bond acceptors (Lipinski definition) is 6. The third kappa shape index (κ3) is 5.40. The lowest BCUT2D eigenvalue weighted by Gasteiger charge is -2.24. The summed E-state index contributed by atoms with van der Waals surface area (Å²) in [6, 6.07) is 7.40. The molecule has 158 valence electrons. The number of para-hydroxylation sites is 1. The number of nitrogen functional groups attached to an aromatic ring is 1. The number of carbonyl (C=O) groups excluding carboxylic acids is 1. The van der Waals surface area contributed by atoms with Gasteiger partial charge in [-0.2, -0.15) is 0 Å². The monoisotopic (exact) mass is 403 g/mol. The average Bonchev–Trinajstić information content (AvgIpc) is 2.71. The van der Waals surface area contributed by atoms with Crippen LogP contribution in [-0.4, -0.2) is 35.7 Å². The van der Waals surface area contributed by atoms with E-state index in [1.807, 2.05) is 38.1 Å². The molecule has 0 saturated heterocycles. The summed E-state index contributed by atoms with van der Waals surface area (Å²) >= 11 is 0. The molecule has 1 heterocycles. The highest BCUT2D eigenvalue weighted by atomic mass is 16.5. The summed E-state index contributed by atoms with van der Waals surface area (Å²) in [4.78, 5) is 40.8. The Morgan fingerprint density at radius 1 is 1.28 bits per heavy atom. The number of H-pyrrole nitrogens is 1. The third-order valence-electron chi connectivity index (χ3n) is 4.65. The van der Waals surface area contributed by atoms with E-state index in [0.29, 0.717) is 25.4 Å². The van der Waals surface area contributed by atoms with E-state index in [2.05, 4.69) is 10.3 Å². The van der Waals surface area contributed by atoms with Crippen LogP contribution in [0.1, 0.15) is 32.3 Å². The van der Waals surface area contributed by atoms with E-state index in [1.165, 1.54) is 4.57 Å². The SMILES string of the molecule is CCCCn1c(N)c(N(CC)CC(=O)NCc2ccccc2OC)c(=O)[nH]c1=O. The number of nitrogens with two attached hydrogens (primary N) is 1. The summed E-state index contributed by atoms with van der Waals surface area (Å²) < 4.78 is 6.62. The van der Waals surface area contributed by atoms with Crippen molar-refractivity contribution in [1.29, 1.82) is 0 Å². The number of amides is 1. The lowest BCUT2D eigenvalue weighted by molar-refractivity contribution is -0.119. The van der Waals surface area contributed by atoms with Crippen LogP contribution in [0.5, 0.6) is 5.75 Å². The maximum absolute atomic E-state index is 12.5. The zero-order valence-electron chi connectivity index (χ0n) is 17.2. The second kappa shape index (κ2) is 10.4. The normalized spacial score (nSPS) is 10.6. The zero-order chi connectivity index (χ0) is 21.4. The molecule has 0 spiro atoms. The lowest BCUT2D eigenvalue weighted by atomic mass is 10.2. The van der Waals surface area contributed by atoms with Gasteiger partial charge in [0.2, 0.25) is 5.91 Å². The Morgan fingerprint density at radius 2 is 2.00 bits per heavy atom. The van der Waals surface area contributed by atoms with Crippen LogP contribution in [0.25, 0.3) is 0 Å². The first-order chi connectivity index (χ1) is 13.9. The summed E-state index contributed by atoms with van der Waals surface area (Å²) in [7, 11) is 1.57. The number of methoxy groups -OCH3 is 1. The second-order valence-corrected chi connectivity index (χ2v) is 6.60. The molecular formula is C20H29N5O4. The third-order valence-corrected chi connectivity index (χ3v) is 4.65. The highest BCUT2D eigenvalue weighted by Gasteiger charge is 2.20. The predicted octanol–water partition coefficient (Wildman–Crippen LogP) is 1.07. The molecule has 29 heavy (non-hydrogen) atoms. The Labute approximate surface area is 169 Å². The van der Waals surface area contributed by atoms with Crippen molar-refractivity contribution in [2.75, 3.05) is 30.8 Å². The van der Waals surface area contributed by atoms with Crippen LogP contribution in [0.15, 0.2) is 33.9 Å². The van der Waals surface area contributed by atoms with Crippen LogP contribution < -0.4 is 31.9 Å². The van der Waals surface area contributed by atoms with Gasteiger partial charge >= 0.3 is 5.69 Å². The molecule has 0 bridgehead atoms. The van der Waals surface area contributed by atoms with Crippen molar-refractivity contribution in [2.45, 2.75) is 39.8 Å². The Kier molecular flexibility index (Phi) is 7.88. The van der Waals surface area contributed by atoms with Gasteiger partial charge in [-0.1, -0.05) is 31.5 Å². The number of aromatic amines is 1. The minimum atomic E-state index is -0.598. The smallest absolute Gasteiger partial charge is 0.330 e. The first-order valence-electron chi connectivity index (χ1n) is 9.69. The molecule has 2 aromatic rings. The molecule has 0 saturated carbocycles. The van der Waals surface area contributed by atoms with Gasteiger partial charge in [0.25, 0.3) is 5.56 Å². The number of hydrogen-bond donors (Lipinski definition) is 3. The first kappa shape index (κ1) is 22.1. The second-order valence-electron chi connectivity index (χ2n) is 6.60. The van der Waals surface area contributed by atoms with Crippen LogP contribution in [0.2, 0.25) is 0 Å². The van der Waals surface area contributed by atoms with E-state index < -0.39 is 11.2 Å². The number of ether oxygens (including phenoxy) is 1. The van der Waals surface area contributed by atoms with Crippen molar-refractivity contribution >= 4 is 17.4 Å². The number of anilines is 2. The zero-order valence-corrected chi connectivity index (χ0v) is 17.2. The van der Waals surface area contributed by atoms with Gasteiger partial charge in [0.05, 0.1) is 13.7 Å². The molecule has 1 aromatic heterocycles. The number of nitrogens with zero attached hydrogens (tertiary/aromatic N) is 2. The van der Waals surface area contributed by atoms with Crippen molar-refractivity contribution in [3.63, 3.8) is 0 Å². The van der Waals surface area contributed by atoms with Gasteiger partial charge in [-0.25, -0.2) is 4.79 Å². The van der Waals surface area contributed by atoms with Crippen LogP contribution in [0, 0.1) is 0 Å². The summed E-state index contributed by atoms with van der Waals surface area (Å²) in [6.45, 7) is 4.82. The Balaban J connectivity index is 2.18. The van der Waals surface area contributed by atoms with Gasteiger partial charge in [-0.3, -0.25) is 19.1 Å². The van der Waals surface area contributed by atoms with Gasteiger partial charge in [0.1, 0.15) is 17.3 Å². The molecule has 0 aliphatic carbocycles. The van der Waals surface area contributed by atoms with Crippen LogP contribution in [0.3, 0.4) is 0 Å². The molecule has 0 fully saturated rings. The van der Waals surface area contributed by atoms with Crippen LogP contribution >= 0.6 is 0 Å². The number of aromatic nitrogens is 2. The van der Waals surface area contributed by atoms with Crippen molar-refractivity contribution in [2.24, 2.45) is 0 Å². The Hall–Kier alpha value is -3.23. The molecule has 9 heteroatoms. The molecular weight excluding hydrogens is 374 g/mol. The summed E-state index contributed by atoms with van der Waals surface area (Å²) in [5.74, 6) is 0.485. The largest absolute Gasteiger partial charge is 0.496 e. The highest BCUT2D eigenvalue weighted by Crippen LogP contribution is 2.18. The summed E-state index contributed by atoms with van der Waals surface area (Å²) in [5, 5.41) is 2.83. The molecule has 2 rings (SSSR count). The van der Waals surface area contributed by atoms with Crippen LogP contribution in [0.4, 0.5) is 11.5 Å². The first-order valence-corrected chi connectivity index (χ1v) is 9.69. The number of likely N-dealkylation sites (N-methyl/N-ethyl adjacent to an activating group) is 1. The fourth-order valence-corrected chi connectivity index (χ4v) is 3.04. The lowest BCUT2D eigenvalue weighted by Crippen LogP contribution is -2.42. The van der Waals surface area contributed by atoms with E-state index in [9.17, 15) is 14.4 Å². The molecule has 0 atom stereocenters. The molecule has 9 nitrogen and oxygen atoms in total. The molecule has 0 aliphatic rings. The van der Waals surface area contributed by atoms with Gasteiger partial charge in [0.15, 0.2) is 0 Å². The fraction of sp³-hybridized carbons (Fsp3) is 0.450. The highest BCUT2D eigenvalue weighted by molar-refractivity contribution is 5.82. The molecule has 1 amide bonds. The van der Waals surface area contributed by atoms with Gasteiger partial charge in [0, 0.05) is 25.2 Å². The minimum absolute atomic E-state index is 0.0646. The molecule has 1 aromatic carbocycles. The van der Waals surface area contributed by atoms with Crippen LogP contribution in [-0.2, 0) is 17.9 Å². The molecule has 0 unspecified atom stereocenters. The van der Waals surface area contributed by atoms with E-state index in [1.54, 1.807) is 12.0 Å². The number of rotatable bonds is 10. The quantitative estimate of drug-likeness (QED) is 0.545. The van der Waals surface area contributed by atoms with Crippen molar-refractivity contribution in [1.82, 2.24) is 14.9 Å². The number of unbranched alkanes of at least 4 members (excludes halogenated alkanes) is 1. The van der Waals surface area contributed by atoms with E-state index in [4.69, 9.17) is 10.5 Å². The summed E-state index contributed by atoms with van der Waals surface area (Å²) in [5.41, 5.74) is 5.98. The number of nitrogens with one attached hydrogen (secondary N) is 2. The van der Waals surface area contributed by atoms with E-state index >= 15 is 0 Å². The van der Waals surface area contributed by atoms with Crippen molar-refractivity contribution < 1.29 is 9.53 Å². The number of carbonyl (C=O) groups is 1. The van der Waals surface area contributed by atoms with E-state index in [-0.39, 0.29) is 24.0 Å². The maximum Gasteiger partial charge on any atom is 0.330 e. The fourth-order valence-electron chi connectivity index (χ4n) is 3.04. The molecule has 0 aliphatic heterocycles. The number of benzene rings is 1. The van der Waals surface area contributed by atoms with Gasteiger partial charge in [-0.15, -0.1) is 0 Å². The van der Waals surface area contributed by atoms with Crippen molar-refractivity contribution in [3.8, 4) is 5.75 Å². The van der Waals surface area contributed by atoms with Gasteiger partial charge < -0.3 is 20.7 Å². The topological polar surface area (TPSA) is 122 Å². The maximum atomic E-state index is 12.5. The molecule has 0 radical (unpaired) electrons. The predicted molar refractivity (Wildman–Crippen MR) is 113 cm³/mol. The standard InChI is InChI=1S/C20H29N5O4/c1-4-6-11-25-18(21)17(19(27)23-20(25)28)24(5-2)13-16(26)22-12-14-9-7-8-10-15(14)29-3/h7-10H,4-6,11-13,21H2,1-3H3,(H,22,26)(H,23,27,28). The van der Waals surface area contributed by atoms with Gasteiger partial charge in [-0.05, 0) is 19.4 Å². The minimum Gasteiger partial charge on any atom is -0.496 e. The Bertz CT molecular complexity index is 951.